The van der Waals surface area contributed by atoms with Crippen molar-refractivity contribution in [2.45, 2.75) is 0 Å². The Bertz CT molecular complexity index is 2140. The standard InChI is InChI=1S/C40H27NO/c1-4-10-28(11-5-1)30-18-16-29-17-19-31(25-33(29)24-30)32-20-22-37-38-23-21-36(27-40(38)42-39(37)26-32)41(34-12-6-2-7-13-34)35-14-8-3-9-15-35/h1-27H. The molecule has 0 aliphatic rings. The Kier molecular flexibility index (Phi) is 5.82. The van der Waals surface area contributed by atoms with Gasteiger partial charge < -0.3 is 9.32 Å². The summed E-state index contributed by atoms with van der Waals surface area (Å²) in [6.45, 7) is 0. The molecule has 1 heterocycles. The molecule has 0 aliphatic heterocycles. The molecule has 0 spiro atoms. The number of hydrogen-bond donors (Lipinski definition) is 0. The van der Waals surface area contributed by atoms with E-state index in [-0.39, 0.29) is 0 Å². The molecule has 198 valence electrons. The van der Waals surface area contributed by atoms with Crippen molar-refractivity contribution in [3.05, 3.63) is 164 Å². The third kappa shape index (κ3) is 4.31. The van der Waals surface area contributed by atoms with E-state index in [0.29, 0.717) is 0 Å². The van der Waals surface area contributed by atoms with E-state index in [0.717, 1.165) is 44.6 Å². The van der Waals surface area contributed by atoms with E-state index < -0.39 is 0 Å². The van der Waals surface area contributed by atoms with Crippen LogP contribution in [0.1, 0.15) is 0 Å². The molecule has 0 N–H and O–H groups in total. The van der Waals surface area contributed by atoms with Crippen LogP contribution in [0.5, 0.6) is 0 Å². The molecular formula is C40H27NO. The Morgan fingerprint density at radius 1 is 0.333 bits per heavy atom. The number of fused-ring (bicyclic) bond motifs is 4. The quantitative estimate of drug-likeness (QED) is 0.217. The summed E-state index contributed by atoms with van der Waals surface area (Å²) in [7, 11) is 0. The van der Waals surface area contributed by atoms with Gasteiger partial charge in [0.2, 0.25) is 0 Å². The monoisotopic (exact) mass is 537 g/mol. The molecule has 1 aromatic heterocycles. The van der Waals surface area contributed by atoms with Gasteiger partial charge in [0.05, 0.1) is 0 Å². The fraction of sp³-hybridized carbons (Fsp3) is 0. The van der Waals surface area contributed by atoms with Crippen molar-refractivity contribution < 1.29 is 4.42 Å². The molecule has 0 unspecified atom stereocenters. The minimum absolute atomic E-state index is 0.877. The lowest BCUT2D eigenvalue weighted by molar-refractivity contribution is 0.669. The second-order valence-corrected chi connectivity index (χ2v) is 10.6. The predicted octanol–water partition coefficient (Wildman–Crippen LogP) is 11.5. The fourth-order valence-corrected chi connectivity index (χ4v) is 5.92. The highest BCUT2D eigenvalue weighted by molar-refractivity contribution is 6.07. The normalized spacial score (nSPS) is 11.3. The van der Waals surface area contributed by atoms with E-state index in [1.165, 1.54) is 27.5 Å². The van der Waals surface area contributed by atoms with E-state index in [2.05, 4.69) is 157 Å². The van der Waals surface area contributed by atoms with Gasteiger partial charge in [-0.15, -0.1) is 0 Å². The Labute approximate surface area is 244 Å². The first-order valence-electron chi connectivity index (χ1n) is 14.3. The van der Waals surface area contributed by atoms with Crippen LogP contribution < -0.4 is 4.90 Å². The molecule has 2 nitrogen and oxygen atoms in total. The summed E-state index contributed by atoms with van der Waals surface area (Å²) in [6.07, 6.45) is 0. The van der Waals surface area contributed by atoms with Crippen LogP contribution >= 0.6 is 0 Å². The molecular weight excluding hydrogens is 510 g/mol. The Morgan fingerprint density at radius 2 is 0.833 bits per heavy atom. The van der Waals surface area contributed by atoms with Gasteiger partial charge in [-0.3, -0.25) is 0 Å². The number of nitrogens with zero attached hydrogens (tertiary/aromatic N) is 1. The van der Waals surface area contributed by atoms with E-state index in [4.69, 9.17) is 4.42 Å². The smallest absolute Gasteiger partial charge is 0.137 e. The first-order chi connectivity index (χ1) is 20.8. The third-order valence-electron chi connectivity index (χ3n) is 8.02. The van der Waals surface area contributed by atoms with Crippen molar-refractivity contribution in [1.82, 2.24) is 0 Å². The molecule has 8 rings (SSSR count). The first-order valence-corrected chi connectivity index (χ1v) is 14.3. The number of benzene rings is 7. The van der Waals surface area contributed by atoms with Crippen LogP contribution in [-0.2, 0) is 0 Å². The highest BCUT2D eigenvalue weighted by Crippen LogP contribution is 2.39. The molecule has 0 fully saturated rings. The minimum Gasteiger partial charge on any atom is -0.456 e. The fourth-order valence-electron chi connectivity index (χ4n) is 5.92. The zero-order chi connectivity index (χ0) is 27.9. The van der Waals surface area contributed by atoms with Crippen molar-refractivity contribution in [2.24, 2.45) is 0 Å². The van der Waals surface area contributed by atoms with Crippen molar-refractivity contribution in [1.29, 1.82) is 0 Å². The lowest BCUT2D eigenvalue weighted by Crippen LogP contribution is -2.09. The third-order valence-corrected chi connectivity index (χ3v) is 8.02. The van der Waals surface area contributed by atoms with Crippen LogP contribution in [0.25, 0.3) is 55.0 Å². The summed E-state index contributed by atoms with van der Waals surface area (Å²) in [4.78, 5) is 2.26. The Morgan fingerprint density at radius 3 is 1.48 bits per heavy atom. The van der Waals surface area contributed by atoms with Crippen molar-refractivity contribution in [2.75, 3.05) is 4.90 Å². The topological polar surface area (TPSA) is 16.4 Å². The van der Waals surface area contributed by atoms with Gasteiger partial charge in [0.15, 0.2) is 0 Å². The number of rotatable bonds is 5. The van der Waals surface area contributed by atoms with Crippen LogP contribution in [-0.4, -0.2) is 0 Å². The SMILES string of the molecule is c1ccc(-c2ccc3ccc(-c4ccc5c(c4)oc4cc(N(c6ccccc6)c6ccccc6)ccc45)cc3c2)cc1. The van der Waals surface area contributed by atoms with Gasteiger partial charge in [0.1, 0.15) is 11.2 Å². The number of hydrogen-bond acceptors (Lipinski definition) is 2. The Hall–Kier alpha value is -5.60. The molecule has 0 saturated heterocycles. The molecule has 7 aromatic carbocycles. The maximum absolute atomic E-state index is 6.51. The van der Waals surface area contributed by atoms with Crippen LogP contribution in [0.4, 0.5) is 17.1 Å². The second-order valence-electron chi connectivity index (χ2n) is 10.6. The van der Waals surface area contributed by atoms with Gasteiger partial charge in [-0.1, -0.05) is 97.1 Å². The summed E-state index contributed by atoms with van der Waals surface area (Å²) in [6, 6.07) is 57.9. The second kappa shape index (κ2) is 10.1. The van der Waals surface area contributed by atoms with E-state index in [1.54, 1.807) is 0 Å². The number of para-hydroxylation sites is 2. The molecule has 0 saturated carbocycles. The first kappa shape index (κ1) is 24.2. The van der Waals surface area contributed by atoms with E-state index >= 15 is 0 Å². The van der Waals surface area contributed by atoms with Crippen LogP contribution in [0.3, 0.4) is 0 Å². The maximum Gasteiger partial charge on any atom is 0.137 e. The van der Waals surface area contributed by atoms with Gasteiger partial charge in [-0.05, 0) is 93.7 Å². The average Bonchev–Trinajstić information content (AvgIpc) is 3.43. The number of anilines is 3. The molecule has 8 aromatic rings. The lowest BCUT2D eigenvalue weighted by atomic mass is 9.97. The van der Waals surface area contributed by atoms with Gasteiger partial charge in [0.25, 0.3) is 0 Å². The lowest BCUT2D eigenvalue weighted by Gasteiger charge is -2.25. The van der Waals surface area contributed by atoms with Gasteiger partial charge in [0, 0.05) is 33.9 Å². The molecule has 2 heteroatoms. The van der Waals surface area contributed by atoms with Crippen LogP contribution in [0.2, 0.25) is 0 Å². The highest BCUT2D eigenvalue weighted by Gasteiger charge is 2.15. The van der Waals surface area contributed by atoms with Gasteiger partial charge in [-0.25, -0.2) is 0 Å². The Balaban J connectivity index is 1.20. The predicted molar refractivity (Wildman–Crippen MR) is 177 cm³/mol. The van der Waals surface area contributed by atoms with Crippen LogP contribution in [0, 0.1) is 0 Å². The van der Waals surface area contributed by atoms with Gasteiger partial charge in [-0.2, -0.15) is 0 Å². The van der Waals surface area contributed by atoms with E-state index in [1.807, 2.05) is 12.1 Å². The van der Waals surface area contributed by atoms with Crippen molar-refractivity contribution in [3.63, 3.8) is 0 Å². The molecule has 0 bridgehead atoms. The van der Waals surface area contributed by atoms with Crippen molar-refractivity contribution in [3.8, 4) is 22.3 Å². The minimum atomic E-state index is 0.877. The van der Waals surface area contributed by atoms with Crippen molar-refractivity contribution >= 4 is 49.8 Å². The number of furan rings is 1. The van der Waals surface area contributed by atoms with E-state index in [9.17, 15) is 0 Å². The summed E-state index contributed by atoms with van der Waals surface area (Å²) in [5, 5.41) is 4.70. The zero-order valence-corrected chi connectivity index (χ0v) is 22.9. The summed E-state index contributed by atoms with van der Waals surface area (Å²) in [5.74, 6) is 0. The average molecular weight is 538 g/mol. The molecule has 0 radical (unpaired) electrons. The zero-order valence-electron chi connectivity index (χ0n) is 22.9. The highest BCUT2D eigenvalue weighted by atomic mass is 16.3. The molecule has 0 aliphatic carbocycles. The molecule has 42 heavy (non-hydrogen) atoms. The summed E-state index contributed by atoms with van der Waals surface area (Å²) in [5.41, 5.74) is 9.81. The maximum atomic E-state index is 6.51. The largest absolute Gasteiger partial charge is 0.456 e. The van der Waals surface area contributed by atoms with Gasteiger partial charge >= 0.3 is 0 Å². The molecule has 0 atom stereocenters. The molecule has 0 amide bonds. The van der Waals surface area contributed by atoms with Crippen LogP contribution in [0.15, 0.2) is 168 Å². The summed E-state index contributed by atoms with van der Waals surface area (Å²) < 4.78 is 6.51. The summed E-state index contributed by atoms with van der Waals surface area (Å²) >= 11 is 0.